The van der Waals surface area contributed by atoms with Crippen molar-refractivity contribution in [2.75, 3.05) is 7.11 Å². The van der Waals surface area contributed by atoms with Crippen molar-refractivity contribution in [3.05, 3.63) is 61.8 Å². The third kappa shape index (κ3) is 2.83. The summed E-state index contributed by atoms with van der Waals surface area (Å²) in [4.78, 5) is 12.8. The fourth-order valence-electron chi connectivity index (χ4n) is 2.23. The van der Waals surface area contributed by atoms with E-state index in [0.717, 1.165) is 10.0 Å². The summed E-state index contributed by atoms with van der Waals surface area (Å²) in [6, 6.07) is 6.02. The van der Waals surface area contributed by atoms with E-state index in [4.69, 9.17) is 16.3 Å². The summed E-state index contributed by atoms with van der Waals surface area (Å²) in [7, 11) is 1.48. The van der Waals surface area contributed by atoms with E-state index in [-0.39, 0.29) is 10.6 Å². The zero-order chi connectivity index (χ0) is 15.7. The Kier molecular flexibility index (Phi) is 4.69. The molecule has 110 valence electrons. The van der Waals surface area contributed by atoms with Crippen LogP contribution in [0.2, 0.25) is 5.02 Å². The molecule has 0 aromatic heterocycles. The van der Waals surface area contributed by atoms with Gasteiger partial charge in [-0.25, -0.2) is 4.39 Å². The van der Waals surface area contributed by atoms with Gasteiger partial charge in [-0.1, -0.05) is 33.6 Å². The highest BCUT2D eigenvalue weighted by molar-refractivity contribution is 9.10. The number of halogens is 3. The van der Waals surface area contributed by atoms with Gasteiger partial charge in [-0.2, -0.15) is 0 Å². The fourth-order valence-corrected chi connectivity index (χ4v) is 3.02. The lowest BCUT2D eigenvalue weighted by Crippen LogP contribution is -2.10. The highest BCUT2D eigenvalue weighted by Crippen LogP contribution is 2.35. The highest BCUT2D eigenvalue weighted by atomic mass is 79.9. The van der Waals surface area contributed by atoms with Gasteiger partial charge in [-0.15, -0.1) is 0 Å². The van der Waals surface area contributed by atoms with Crippen molar-refractivity contribution in [2.45, 2.75) is 13.8 Å². The van der Waals surface area contributed by atoms with Crippen molar-refractivity contribution in [2.24, 2.45) is 0 Å². The number of carbonyl (C=O) groups is 1. The molecule has 0 saturated heterocycles. The third-order valence-electron chi connectivity index (χ3n) is 3.28. The summed E-state index contributed by atoms with van der Waals surface area (Å²) in [6.07, 6.45) is 0. The Balaban J connectivity index is 2.75. The zero-order valence-electron chi connectivity index (χ0n) is 11.8. The van der Waals surface area contributed by atoms with Gasteiger partial charge in [0.25, 0.3) is 0 Å². The molecule has 0 fully saturated rings. The summed E-state index contributed by atoms with van der Waals surface area (Å²) < 4.78 is 20.1. The molecule has 2 rings (SSSR count). The monoisotopic (exact) mass is 370 g/mol. The smallest absolute Gasteiger partial charge is 0.201 e. The molecule has 0 N–H and O–H groups in total. The molecule has 5 heteroatoms. The van der Waals surface area contributed by atoms with E-state index in [2.05, 4.69) is 15.9 Å². The van der Waals surface area contributed by atoms with E-state index in [1.54, 1.807) is 6.92 Å². The van der Waals surface area contributed by atoms with Gasteiger partial charge in [0.05, 0.1) is 23.3 Å². The van der Waals surface area contributed by atoms with Crippen LogP contribution in [0.4, 0.5) is 4.39 Å². The fraction of sp³-hybridized carbons (Fsp3) is 0.188. The summed E-state index contributed by atoms with van der Waals surface area (Å²) in [5.41, 5.74) is 1.64. The number of rotatable bonds is 3. The molecule has 21 heavy (non-hydrogen) atoms. The van der Waals surface area contributed by atoms with Crippen molar-refractivity contribution in [3.8, 4) is 5.75 Å². The quantitative estimate of drug-likeness (QED) is 0.702. The second-order valence-electron chi connectivity index (χ2n) is 4.63. The average molecular weight is 372 g/mol. The zero-order valence-corrected chi connectivity index (χ0v) is 14.1. The number of benzene rings is 2. The third-order valence-corrected chi connectivity index (χ3v) is 4.42. The Morgan fingerprint density at radius 3 is 2.52 bits per heavy atom. The first-order chi connectivity index (χ1) is 9.88. The molecule has 0 unspecified atom stereocenters. The molecule has 0 heterocycles. The number of methoxy groups -OCH3 is 1. The first kappa shape index (κ1) is 16.0. The topological polar surface area (TPSA) is 26.3 Å². The van der Waals surface area contributed by atoms with E-state index < -0.39 is 11.6 Å². The molecule has 2 nitrogen and oxygen atoms in total. The van der Waals surface area contributed by atoms with Gasteiger partial charge in [0, 0.05) is 4.47 Å². The van der Waals surface area contributed by atoms with Crippen LogP contribution in [0.5, 0.6) is 5.75 Å². The minimum Gasteiger partial charge on any atom is -0.496 e. The number of hydrogen-bond acceptors (Lipinski definition) is 2. The molecule has 2 aromatic rings. The minimum absolute atomic E-state index is 0.0825. The number of aryl methyl sites for hydroxylation is 1. The molecule has 0 aliphatic carbocycles. The summed E-state index contributed by atoms with van der Waals surface area (Å²) in [5.74, 6) is -0.705. The van der Waals surface area contributed by atoms with Crippen LogP contribution in [-0.2, 0) is 0 Å². The van der Waals surface area contributed by atoms with Crippen molar-refractivity contribution in [3.63, 3.8) is 0 Å². The molecule has 0 aliphatic rings. The molecule has 0 spiro atoms. The van der Waals surface area contributed by atoms with Gasteiger partial charge in [0.1, 0.15) is 11.6 Å². The second kappa shape index (κ2) is 6.16. The van der Waals surface area contributed by atoms with Gasteiger partial charge >= 0.3 is 0 Å². The number of ketones is 1. The molecule has 2 aromatic carbocycles. The van der Waals surface area contributed by atoms with Crippen LogP contribution in [0, 0.1) is 19.7 Å². The first-order valence-corrected chi connectivity index (χ1v) is 7.38. The van der Waals surface area contributed by atoms with Gasteiger partial charge in [0.15, 0.2) is 0 Å². The van der Waals surface area contributed by atoms with Crippen LogP contribution in [-0.4, -0.2) is 12.9 Å². The Morgan fingerprint density at radius 2 is 1.95 bits per heavy atom. The van der Waals surface area contributed by atoms with Crippen LogP contribution in [0.25, 0.3) is 0 Å². The summed E-state index contributed by atoms with van der Waals surface area (Å²) in [5, 5.41) is 0.0825. The molecular weight excluding hydrogens is 359 g/mol. The lowest BCUT2D eigenvalue weighted by atomic mass is 9.95. The number of ether oxygens (including phenoxy) is 1. The summed E-state index contributed by atoms with van der Waals surface area (Å²) >= 11 is 9.39. The maximum absolute atomic E-state index is 14.0. The van der Waals surface area contributed by atoms with Crippen molar-refractivity contribution in [1.29, 1.82) is 0 Å². The van der Waals surface area contributed by atoms with Crippen LogP contribution >= 0.6 is 27.5 Å². The Hall–Kier alpha value is -1.39. The molecular formula is C16H13BrClFO2. The Labute approximate surface area is 136 Å². The van der Waals surface area contributed by atoms with Crippen LogP contribution < -0.4 is 4.74 Å². The van der Waals surface area contributed by atoms with E-state index >= 15 is 0 Å². The molecule has 0 amide bonds. The van der Waals surface area contributed by atoms with Gasteiger partial charge < -0.3 is 4.74 Å². The predicted octanol–water partition coefficient (Wildman–Crippen LogP) is 5.10. The van der Waals surface area contributed by atoms with Crippen LogP contribution in [0.15, 0.2) is 28.7 Å². The van der Waals surface area contributed by atoms with Crippen molar-refractivity contribution >= 4 is 33.3 Å². The second-order valence-corrected chi connectivity index (χ2v) is 5.90. The molecule has 0 bridgehead atoms. The van der Waals surface area contributed by atoms with Crippen molar-refractivity contribution < 1.29 is 13.9 Å². The molecule has 0 saturated carbocycles. The molecule has 0 atom stereocenters. The number of carbonyl (C=O) groups excluding carboxylic acids is 1. The van der Waals surface area contributed by atoms with Gasteiger partial charge in [-0.05, 0) is 43.2 Å². The van der Waals surface area contributed by atoms with Crippen molar-refractivity contribution in [1.82, 2.24) is 0 Å². The lowest BCUT2D eigenvalue weighted by molar-refractivity contribution is 0.103. The van der Waals surface area contributed by atoms with E-state index in [9.17, 15) is 9.18 Å². The van der Waals surface area contributed by atoms with Gasteiger partial charge in [-0.3, -0.25) is 4.79 Å². The SMILES string of the molecule is COc1c(C)cc(Br)c(C)c1C(=O)c1c(F)cccc1Cl. The maximum atomic E-state index is 14.0. The maximum Gasteiger partial charge on any atom is 0.201 e. The first-order valence-electron chi connectivity index (χ1n) is 6.20. The largest absolute Gasteiger partial charge is 0.496 e. The van der Waals surface area contributed by atoms with Crippen LogP contribution in [0.3, 0.4) is 0 Å². The molecule has 0 aliphatic heterocycles. The minimum atomic E-state index is -0.647. The standard InChI is InChI=1S/C16H13BrClFO2/c1-8-7-10(17)9(2)13(16(8)21-3)15(20)14-11(18)5-4-6-12(14)19/h4-7H,1-3H3. The summed E-state index contributed by atoms with van der Waals surface area (Å²) in [6.45, 7) is 3.59. The van der Waals surface area contributed by atoms with E-state index in [0.29, 0.717) is 16.9 Å². The van der Waals surface area contributed by atoms with E-state index in [1.165, 1.54) is 25.3 Å². The average Bonchev–Trinajstić information content (AvgIpc) is 2.42. The normalized spacial score (nSPS) is 10.6. The van der Waals surface area contributed by atoms with E-state index in [1.807, 2.05) is 13.0 Å². The predicted molar refractivity (Wildman–Crippen MR) is 85.0 cm³/mol. The highest BCUT2D eigenvalue weighted by Gasteiger charge is 2.25. The lowest BCUT2D eigenvalue weighted by Gasteiger charge is -2.16. The number of hydrogen-bond donors (Lipinski definition) is 0. The Bertz CT molecular complexity index is 708. The Morgan fingerprint density at radius 1 is 1.29 bits per heavy atom. The molecule has 0 radical (unpaired) electrons. The van der Waals surface area contributed by atoms with Crippen LogP contribution in [0.1, 0.15) is 27.0 Å². The van der Waals surface area contributed by atoms with Gasteiger partial charge in [0.2, 0.25) is 5.78 Å².